The van der Waals surface area contributed by atoms with Crippen molar-refractivity contribution >= 4 is 12.0 Å². The minimum absolute atomic E-state index is 0.299. The molecule has 0 fully saturated rings. The molecule has 17 heavy (non-hydrogen) atoms. The molecule has 0 aliphatic heterocycles. The summed E-state index contributed by atoms with van der Waals surface area (Å²) >= 11 is 0. The normalized spacial score (nSPS) is 11.9. The minimum Gasteiger partial charge on any atom is -0.369 e. The Bertz CT molecular complexity index is 401. The van der Waals surface area contributed by atoms with Crippen molar-refractivity contribution in [2.75, 3.05) is 0 Å². The van der Waals surface area contributed by atoms with Crippen LogP contribution >= 0.6 is 0 Å². The maximum atomic E-state index is 11.3. The second-order valence-electron chi connectivity index (χ2n) is 4.80. The van der Waals surface area contributed by atoms with E-state index in [9.17, 15) is 4.79 Å². The SMILES string of the molecule is CCCC=Cc1ccc(C(C)(C)C(N)=O)cc1. The summed E-state index contributed by atoms with van der Waals surface area (Å²) in [5, 5.41) is 0. The Kier molecular flexibility index (Phi) is 4.50. The van der Waals surface area contributed by atoms with Crippen molar-refractivity contribution < 1.29 is 4.79 Å². The average Bonchev–Trinajstić information content (AvgIpc) is 2.30. The first kappa shape index (κ1) is 13.5. The van der Waals surface area contributed by atoms with Crippen LogP contribution in [0.1, 0.15) is 44.7 Å². The highest BCUT2D eigenvalue weighted by molar-refractivity contribution is 5.85. The van der Waals surface area contributed by atoms with Crippen LogP contribution in [0.25, 0.3) is 6.08 Å². The third-order valence-corrected chi connectivity index (χ3v) is 3.01. The van der Waals surface area contributed by atoms with Crippen molar-refractivity contribution in [3.63, 3.8) is 0 Å². The molecule has 2 nitrogen and oxygen atoms in total. The van der Waals surface area contributed by atoms with Crippen molar-refractivity contribution in [1.29, 1.82) is 0 Å². The van der Waals surface area contributed by atoms with Gasteiger partial charge in [-0.3, -0.25) is 4.79 Å². The Labute approximate surface area is 104 Å². The second-order valence-corrected chi connectivity index (χ2v) is 4.80. The number of hydrogen-bond donors (Lipinski definition) is 1. The van der Waals surface area contributed by atoms with Crippen LogP contribution < -0.4 is 5.73 Å². The Morgan fingerprint density at radius 3 is 2.35 bits per heavy atom. The third kappa shape index (κ3) is 3.45. The molecule has 0 saturated carbocycles. The number of primary amides is 1. The fourth-order valence-corrected chi connectivity index (χ4v) is 1.54. The fourth-order valence-electron chi connectivity index (χ4n) is 1.54. The number of carbonyl (C=O) groups is 1. The summed E-state index contributed by atoms with van der Waals surface area (Å²) in [6.07, 6.45) is 6.51. The van der Waals surface area contributed by atoms with E-state index in [1.165, 1.54) is 0 Å². The first-order valence-corrected chi connectivity index (χ1v) is 6.05. The molecule has 0 atom stereocenters. The van der Waals surface area contributed by atoms with Gasteiger partial charge in [0.1, 0.15) is 0 Å². The molecule has 0 aliphatic carbocycles. The number of unbranched alkanes of at least 4 members (excludes halogenated alkanes) is 1. The Balaban J connectivity index is 2.85. The van der Waals surface area contributed by atoms with Crippen LogP contribution in [0.15, 0.2) is 30.3 Å². The molecule has 2 heteroatoms. The summed E-state index contributed by atoms with van der Waals surface area (Å²) in [6.45, 7) is 5.84. The van der Waals surface area contributed by atoms with Gasteiger partial charge in [0, 0.05) is 0 Å². The zero-order valence-corrected chi connectivity index (χ0v) is 10.9. The van der Waals surface area contributed by atoms with Crippen LogP contribution in [0.3, 0.4) is 0 Å². The highest BCUT2D eigenvalue weighted by atomic mass is 16.1. The average molecular weight is 231 g/mol. The summed E-state index contributed by atoms with van der Waals surface area (Å²) in [7, 11) is 0. The number of allylic oxidation sites excluding steroid dienone is 1. The van der Waals surface area contributed by atoms with Crippen molar-refractivity contribution in [3.05, 3.63) is 41.5 Å². The molecule has 0 aliphatic rings. The Morgan fingerprint density at radius 2 is 1.88 bits per heavy atom. The largest absolute Gasteiger partial charge is 0.369 e. The predicted molar refractivity (Wildman–Crippen MR) is 72.6 cm³/mol. The van der Waals surface area contributed by atoms with E-state index in [0.29, 0.717) is 0 Å². The molecule has 0 radical (unpaired) electrons. The highest BCUT2D eigenvalue weighted by Gasteiger charge is 2.26. The zero-order valence-electron chi connectivity index (χ0n) is 10.9. The molecule has 92 valence electrons. The lowest BCUT2D eigenvalue weighted by Gasteiger charge is -2.20. The maximum absolute atomic E-state index is 11.3. The standard InChI is InChI=1S/C15H21NO/c1-4-5-6-7-12-8-10-13(11-9-12)15(2,3)14(16)17/h6-11H,4-5H2,1-3H3,(H2,16,17). The Morgan fingerprint density at radius 1 is 1.29 bits per heavy atom. The Hall–Kier alpha value is -1.57. The van der Waals surface area contributed by atoms with Crippen LogP contribution in [0.4, 0.5) is 0 Å². The topological polar surface area (TPSA) is 43.1 Å². The van der Waals surface area contributed by atoms with Gasteiger partial charge in [-0.2, -0.15) is 0 Å². The van der Waals surface area contributed by atoms with Gasteiger partial charge >= 0.3 is 0 Å². The molecule has 0 spiro atoms. The molecule has 0 aromatic heterocycles. The summed E-state index contributed by atoms with van der Waals surface area (Å²) in [5.41, 5.74) is 6.89. The second kappa shape index (κ2) is 5.67. The third-order valence-electron chi connectivity index (χ3n) is 3.01. The smallest absolute Gasteiger partial charge is 0.227 e. The van der Waals surface area contributed by atoms with Gasteiger partial charge in [-0.15, -0.1) is 0 Å². The van der Waals surface area contributed by atoms with E-state index in [0.717, 1.165) is 24.0 Å². The molecule has 0 unspecified atom stereocenters. The van der Waals surface area contributed by atoms with Gasteiger partial charge in [0.05, 0.1) is 5.41 Å². The van der Waals surface area contributed by atoms with Crippen molar-refractivity contribution in [1.82, 2.24) is 0 Å². The van der Waals surface area contributed by atoms with Crippen LogP contribution in [-0.2, 0) is 10.2 Å². The molecular formula is C15H21NO. The first-order valence-electron chi connectivity index (χ1n) is 6.05. The summed E-state index contributed by atoms with van der Waals surface area (Å²) in [5.74, 6) is -0.299. The first-order chi connectivity index (χ1) is 7.98. The van der Waals surface area contributed by atoms with Gasteiger partial charge in [0.15, 0.2) is 0 Å². The van der Waals surface area contributed by atoms with Gasteiger partial charge in [-0.25, -0.2) is 0 Å². The number of nitrogens with two attached hydrogens (primary N) is 1. The van der Waals surface area contributed by atoms with E-state index in [-0.39, 0.29) is 5.91 Å². The predicted octanol–water partition coefficient (Wildman–Crippen LogP) is 3.26. The van der Waals surface area contributed by atoms with E-state index in [4.69, 9.17) is 5.73 Å². The lowest BCUT2D eigenvalue weighted by Crippen LogP contribution is -2.35. The molecular weight excluding hydrogens is 210 g/mol. The van der Waals surface area contributed by atoms with E-state index < -0.39 is 5.41 Å². The number of hydrogen-bond acceptors (Lipinski definition) is 1. The molecule has 1 amide bonds. The molecule has 0 saturated heterocycles. The molecule has 2 N–H and O–H groups in total. The number of benzene rings is 1. The van der Waals surface area contributed by atoms with Gasteiger partial charge in [-0.1, -0.05) is 49.8 Å². The molecule has 1 rings (SSSR count). The zero-order chi connectivity index (χ0) is 12.9. The van der Waals surface area contributed by atoms with Crippen molar-refractivity contribution in [3.8, 4) is 0 Å². The van der Waals surface area contributed by atoms with Gasteiger partial charge in [0.25, 0.3) is 0 Å². The molecule has 0 bridgehead atoms. The van der Waals surface area contributed by atoms with Crippen LogP contribution in [0, 0.1) is 0 Å². The van der Waals surface area contributed by atoms with Crippen LogP contribution in [0.2, 0.25) is 0 Å². The fraction of sp³-hybridized carbons (Fsp3) is 0.400. The number of amides is 1. The summed E-state index contributed by atoms with van der Waals surface area (Å²) in [6, 6.07) is 7.98. The van der Waals surface area contributed by atoms with E-state index in [2.05, 4.69) is 19.1 Å². The van der Waals surface area contributed by atoms with Gasteiger partial charge < -0.3 is 5.73 Å². The minimum atomic E-state index is -0.605. The monoisotopic (exact) mass is 231 g/mol. The van der Waals surface area contributed by atoms with E-state index >= 15 is 0 Å². The molecule has 1 aromatic rings. The quantitative estimate of drug-likeness (QED) is 0.830. The van der Waals surface area contributed by atoms with E-state index in [1.54, 1.807) is 0 Å². The van der Waals surface area contributed by atoms with Crippen LogP contribution in [0.5, 0.6) is 0 Å². The van der Waals surface area contributed by atoms with Gasteiger partial charge in [0.2, 0.25) is 5.91 Å². The van der Waals surface area contributed by atoms with E-state index in [1.807, 2.05) is 38.1 Å². The lowest BCUT2D eigenvalue weighted by molar-refractivity contribution is -0.122. The molecule has 1 aromatic carbocycles. The highest BCUT2D eigenvalue weighted by Crippen LogP contribution is 2.23. The lowest BCUT2D eigenvalue weighted by atomic mass is 9.83. The van der Waals surface area contributed by atoms with Crippen molar-refractivity contribution in [2.45, 2.75) is 39.0 Å². The summed E-state index contributed by atoms with van der Waals surface area (Å²) < 4.78 is 0. The van der Waals surface area contributed by atoms with Crippen LogP contribution in [-0.4, -0.2) is 5.91 Å². The summed E-state index contributed by atoms with van der Waals surface area (Å²) in [4.78, 5) is 11.3. The maximum Gasteiger partial charge on any atom is 0.227 e. The number of rotatable bonds is 5. The molecule has 0 heterocycles. The van der Waals surface area contributed by atoms with Crippen molar-refractivity contribution in [2.24, 2.45) is 5.73 Å². The number of carbonyl (C=O) groups excluding carboxylic acids is 1. The van der Waals surface area contributed by atoms with Gasteiger partial charge in [-0.05, 0) is 31.4 Å².